The number of rotatable bonds is 5. The maximum absolute atomic E-state index is 12.1. The molecular weight excluding hydrogens is 254 g/mol. The molecule has 1 aromatic rings. The molecule has 0 bridgehead atoms. The van der Waals surface area contributed by atoms with Crippen LogP contribution in [-0.4, -0.2) is 32.9 Å². The topological polar surface area (TPSA) is 67.2 Å². The van der Waals surface area contributed by atoms with Crippen molar-refractivity contribution in [3.8, 4) is 0 Å². The first kappa shape index (κ1) is 15.0. The van der Waals surface area contributed by atoms with Crippen molar-refractivity contribution in [1.82, 2.24) is 15.1 Å². The molecule has 112 valence electrons. The third-order valence-corrected chi connectivity index (χ3v) is 4.54. The summed E-state index contributed by atoms with van der Waals surface area (Å²) in [5.41, 5.74) is -0.396. The third-order valence-electron chi connectivity index (χ3n) is 4.54. The second kappa shape index (κ2) is 5.56. The van der Waals surface area contributed by atoms with Gasteiger partial charge in [-0.3, -0.25) is 9.48 Å². The molecule has 0 saturated heterocycles. The summed E-state index contributed by atoms with van der Waals surface area (Å²) in [6, 6.07) is 0. The Morgan fingerprint density at radius 2 is 2.25 bits per heavy atom. The fourth-order valence-corrected chi connectivity index (χ4v) is 2.88. The Bertz CT molecular complexity index is 481. The van der Waals surface area contributed by atoms with Crippen LogP contribution in [0.3, 0.4) is 0 Å². The van der Waals surface area contributed by atoms with Gasteiger partial charge in [-0.25, -0.2) is 0 Å². The smallest absolute Gasteiger partial charge is 0.254 e. The Labute approximate surface area is 120 Å². The summed E-state index contributed by atoms with van der Waals surface area (Å²) in [7, 11) is 0. The van der Waals surface area contributed by atoms with Gasteiger partial charge in [0, 0.05) is 19.3 Å². The maximum atomic E-state index is 12.1. The lowest BCUT2D eigenvalue weighted by atomic mass is 9.78. The van der Waals surface area contributed by atoms with Crippen LogP contribution in [0.4, 0.5) is 0 Å². The Balaban J connectivity index is 1.94. The number of hydrogen-bond donors (Lipinski definition) is 2. The normalized spacial score (nSPS) is 24.8. The van der Waals surface area contributed by atoms with Gasteiger partial charge in [0.15, 0.2) is 0 Å². The van der Waals surface area contributed by atoms with Crippen LogP contribution >= 0.6 is 0 Å². The summed E-state index contributed by atoms with van der Waals surface area (Å²) in [5.74, 6) is -0.163. The van der Waals surface area contributed by atoms with Gasteiger partial charge in [0.25, 0.3) is 5.91 Å². The van der Waals surface area contributed by atoms with E-state index in [1.54, 1.807) is 17.1 Å². The Hall–Kier alpha value is -1.36. The number of nitrogens with zero attached hydrogens (tertiary/aromatic N) is 2. The number of amides is 1. The molecule has 5 nitrogen and oxygen atoms in total. The molecule has 1 aliphatic carbocycles. The number of aryl methyl sites for hydroxylation is 1. The average Bonchev–Trinajstić information content (AvgIpc) is 2.94. The molecule has 0 radical (unpaired) electrons. The van der Waals surface area contributed by atoms with Crippen LogP contribution in [0.25, 0.3) is 0 Å². The first-order valence-electron chi connectivity index (χ1n) is 7.41. The van der Waals surface area contributed by atoms with Crippen LogP contribution in [0.1, 0.15) is 56.8 Å². The number of aliphatic hydroxyl groups is 1. The molecule has 0 aliphatic heterocycles. The summed E-state index contributed by atoms with van der Waals surface area (Å²) in [4.78, 5) is 12.1. The first-order chi connectivity index (χ1) is 9.38. The minimum absolute atomic E-state index is 0.146. The number of aromatic nitrogens is 2. The lowest BCUT2D eigenvalue weighted by molar-refractivity contribution is -0.0394. The van der Waals surface area contributed by atoms with Crippen LogP contribution < -0.4 is 5.32 Å². The van der Waals surface area contributed by atoms with E-state index in [4.69, 9.17) is 0 Å². The fourth-order valence-electron chi connectivity index (χ4n) is 2.88. The maximum Gasteiger partial charge on any atom is 0.254 e. The summed E-state index contributed by atoms with van der Waals surface area (Å²) < 4.78 is 1.77. The van der Waals surface area contributed by atoms with Crippen molar-refractivity contribution in [1.29, 1.82) is 0 Å². The molecule has 1 heterocycles. The van der Waals surface area contributed by atoms with Gasteiger partial charge in [-0.15, -0.1) is 0 Å². The van der Waals surface area contributed by atoms with Crippen LogP contribution in [0, 0.1) is 5.41 Å². The predicted molar refractivity (Wildman–Crippen MR) is 77.4 cm³/mol. The van der Waals surface area contributed by atoms with Crippen molar-refractivity contribution in [3.63, 3.8) is 0 Å². The first-order valence-corrected chi connectivity index (χ1v) is 7.41. The van der Waals surface area contributed by atoms with Gasteiger partial charge in [-0.2, -0.15) is 5.10 Å². The lowest BCUT2D eigenvalue weighted by Crippen LogP contribution is -2.49. The third kappa shape index (κ3) is 2.87. The van der Waals surface area contributed by atoms with Crippen molar-refractivity contribution >= 4 is 5.91 Å². The fraction of sp³-hybridized carbons (Fsp3) is 0.733. The zero-order chi connectivity index (χ0) is 14.8. The second-order valence-electron chi connectivity index (χ2n) is 6.44. The summed E-state index contributed by atoms with van der Waals surface area (Å²) in [6.07, 6.45) is 7.06. The van der Waals surface area contributed by atoms with Crippen LogP contribution in [0.2, 0.25) is 0 Å². The highest BCUT2D eigenvalue weighted by Crippen LogP contribution is 2.45. The van der Waals surface area contributed by atoms with E-state index in [0.29, 0.717) is 12.1 Å². The summed E-state index contributed by atoms with van der Waals surface area (Å²) in [5, 5.41) is 17.7. The quantitative estimate of drug-likeness (QED) is 0.866. The van der Waals surface area contributed by atoms with E-state index in [0.717, 1.165) is 32.2 Å². The molecule has 5 heteroatoms. The molecule has 2 N–H and O–H groups in total. The largest absolute Gasteiger partial charge is 0.387 e. The van der Waals surface area contributed by atoms with E-state index in [-0.39, 0.29) is 11.3 Å². The van der Waals surface area contributed by atoms with E-state index < -0.39 is 5.60 Å². The molecule has 1 amide bonds. The average molecular weight is 279 g/mol. The lowest BCUT2D eigenvalue weighted by Gasteiger charge is -2.36. The number of carbonyl (C=O) groups excluding carboxylic acids is 1. The molecule has 0 aromatic carbocycles. The van der Waals surface area contributed by atoms with Gasteiger partial charge in [0.1, 0.15) is 0 Å². The summed E-state index contributed by atoms with van der Waals surface area (Å²) >= 11 is 0. The molecule has 1 atom stereocenters. The van der Waals surface area contributed by atoms with Crippen molar-refractivity contribution in [3.05, 3.63) is 18.0 Å². The SMILES string of the molecule is CCCn1cc(C(=O)NC[C@]2(O)CCCC2(C)C)cn1. The van der Waals surface area contributed by atoms with Gasteiger partial charge in [-0.1, -0.05) is 20.8 Å². The van der Waals surface area contributed by atoms with Crippen LogP contribution in [0.15, 0.2) is 12.4 Å². The zero-order valence-electron chi connectivity index (χ0n) is 12.6. The van der Waals surface area contributed by atoms with E-state index in [2.05, 4.69) is 31.2 Å². The van der Waals surface area contributed by atoms with Gasteiger partial charge in [0.05, 0.1) is 17.4 Å². The Kier molecular flexibility index (Phi) is 4.18. The second-order valence-corrected chi connectivity index (χ2v) is 6.44. The van der Waals surface area contributed by atoms with Crippen molar-refractivity contribution in [2.24, 2.45) is 5.41 Å². The van der Waals surface area contributed by atoms with Gasteiger partial charge >= 0.3 is 0 Å². The highest BCUT2D eigenvalue weighted by molar-refractivity contribution is 5.93. The van der Waals surface area contributed by atoms with E-state index in [9.17, 15) is 9.90 Å². The molecule has 1 aliphatic rings. The molecule has 0 spiro atoms. The molecular formula is C15H25N3O2. The zero-order valence-corrected chi connectivity index (χ0v) is 12.6. The molecule has 2 rings (SSSR count). The number of carbonyl (C=O) groups is 1. The molecule has 1 fully saturated rings. The predicted octanol–water partition coefficient (Wildman–Crippen LogP) is 1.96. The van der Waals surface area contributed by atoms with Gasteiger partial charge in [-0.05, 0) is 31.1 Å². The minimum atomic E-state index is -0.803. The highest BCUT2D eigenvalue weighted by Gasteiger charge is 2.47. The standard InChI is InChI=1S/C15H25N3O2/c1-4-8-18-10-12(9-17-18)13(19)16-11-15(20)7-5-6-14(15,2)3/h9-10,20H,4-8,11H2,1-3H3,(H,16,19)/t15-/m1/s1. The van der Waals surface area contributed by atoms with E-state index >= 15 is 0 Å². The van der Waals surface area contributed by atoms with Crippen molar-refractivity contribution in [2.75, 3.05) is 6.54 Å². The van der Waals surface area contributed by atoms with Crippen molar-refractivity contribution in [2.45, 2.75) is 58.6 Å². The molecule has 20 heavy (non-hydrogen) atoms. The van der Waals surface area contributed by atoms with Crippen molar-refractivity contribution < 1.29 is 9.90 Å². The number of nitrogens with one attached hydrogen (secondary N) is 1. The molecule has 1 aromatic heterocycles. The highest BCUT2D eigenvalue weighted by atomic mass is 16.3. The minimum Gasteiger partial charge on any atom is -0.387 e. The number of hydrogen-bond acceptors (Lipinski definition) is 3. The van der Waals surface area contributed by atoms with E-state index in [1.165, 1.54) is 0 Å². The van der Waals surface area contributed by atoms with Gasteiger partial charge in [0.2, 0.25) is 0 Å². The summed E-state index contributed by atoms with van der Waals surface area (Å²) in [6.45, 7) is 7.30. The monoisotopic (exact) mass is 279 g/mol. The Morgan fingerprint density at radius 3 is 2.85 bits per heavy atom. The molecule has 1 saturated carbocycles. The van der Waals surface area contributed by atoms with Crippen LogP contribution in [-0.2, 0) is 6.54 Å². The van der Waals surface area contributed by atoms with Crippen LogP contribution in [0.5, 0.6) is 0 Å². The van der Waals surface area contributed by atoms with E-state index in [1.807, 2.05) is 0 Å². The van der Waals surface area contributed by atoms with Gasteiger partial charge < -0.3 is 10.4 Å². The molecule has 0 unspecified atom stereocenters. The Morgan fingerprint density at radius 1 is 1.50 bits per heavy atom.